The molecule has 0 fully saturated rings. The minimum absolute atomic E-state index is 0.180. The van der Waals surface area contributed by atoms with Gasteiger partial charge in [-0.05, 0) is 18.2 Å². The van der Waals surface area contributed by atoms with Gasteiger partial charge in [0.2, 0.25) is 10.9 Å². The summed E-state index contributed by atoms with van der Waals surface area (Å²) in [6.45, 7) is 0. The van der Waals surface area contributed by atoms with Crippen LogP contribution in [0, 0.1) is 5.82 Å². The maximum absolute atomic E-state index is 13.6. The van der Waals surface area contributed by atoms with E-state index in [0.717, 1.165) is 0 Å². The maximum atomic E-state index is 13.6. The number of esters is 1. The molecule has 0 aliphatic rings. The van der Waals surface area contributed by atoms with Gasteiger partial charge in [-0.15, -0.1) is 10.2 Å². The molecule has 0 atom stereocenters. The van der Waals surface area contributed by atoms with Gasteiger partial charge in [0, 0.05) is 11.3 Å². The Morgan fingerprint density at radius 1 is 1.38 bits per heavy atom. The number of thioether (sulfide) groups is 1. The summed E-state index contributed by atoms with van der Waals surface area (Å²) in [6, 6.07) is 8.05. The van der Waals surface area contributed by atoms with Gasteiger partial charge in [0.1, 0.15) is 5.82 Å². The lowest BCUT2D eigenvalue weighted by Crippen LogP contribution is -2.02. The largest absolute Gasteiger partial charge is 0.463 e. The number of hydrogen-bond donors (Lipinski definition) is 1. The molecule has 3 rings (SSSR count). The van der Waals surface area contributed by atoms with Crippen molar-refractivity contribution in [3.63, 3.8) is 0 Å². The summed E-state index contributed by atoms with van der Waals surface area (Å²) in [5.74, 6) is -0.216. The van der Waals surface area contributed by atoms with Crippen LogP contribution in [-0.2, 0) is 10.5 Å². The minimum atomic E-state index is -0.519. The summed E-state index contributed by atoms with van der Waals surface area (Å²) in [4.78, 5) is 11.5. The van der Waals surface area contributed by atoms with Crippen molar-refractivity contribution in [2.24, 2.45) is 0 Å². The molecule has 0 amide bonds. The molecule has 0 spiro atoms. The predicted octanol–water partition coefficient (Wildman–Crippen LogP) is 4.09. The fourth-order valence-corrected chi connectivity index (χ4v) is 3.60. The van der Waals surface area contributed by atoms with Crippen molar-refractivity contribution in [1.82, 2.24) is 10.2 Å². The fraction of sp³-hybridized carbons (Fsp3) is 0.133. The quantitative estimate of drug-likeness (QED) is 0.521. The van der Waals surface area contributed by atoms with E-state index in [-0.39, 0.29) is 11.6 Å². The molecule has 0 aliphatic carbocycles. The van der Waals surface area contributed by atoms with E-state index in [1.54, 1.807) is 24.3 Å². The van der Waals surface area contributed by atoms with Crippen LogP contribution < -0.4 is 5.32 Å². The second kappa shape index (κ2) is 7.45. The Kier molecular flexibility index (Phi) is 5.11. The van der Waals surface area contributed by atoms with Crippen molar-refractivity contribution in [2.75, 3.05) is 12.4 Å². The van der Waals surface area contributed by atoms with Gasteiger partial charge in [0.05, 0.1) is 19.1 Å². The van der Waals surface area contributed by atoms with Gasteiger partial charge in [0.15, 0.2) is 4.34 Å². The summed E-state index contributed by atoms with van der Waals surface area (Å²) in [5, 5.41) is 11.4. The first-order valence-electron chi connectivity index (χ1n) is 6.80. The predicted molar refractivity (Wildman–Crippen MR) is 89.2 cm³/mol. The molecule has 0 radical (unpaired) electrons. The number of ether oxygens (including phenoxy) is 1. The van der Waals surface area contributed by atoms with Crippen LogP contribution in [0.3, 0.4) is 0 Å². The van der Waals surface area contributed by atoms with Crippen LogP contribution in [0.2, 0.25) is 0 Å². The first-order valence-corrected chi connectivity index (χ1v) is 8.60. The third-order valence-electron chi connectivity index (χ3n) is 2.99. The lowest BCUT2D eigenvalue weighted by atomic mass is 10.3. The number of carbonyl (C=O) groups excluding carboxylic acids is 1. The number of methoxy groups -OCH3 is 1. The molecule has 2 aromatic heterocycles. The molecule has 0 saturated carbocycles. The summed E-state index contributed by atoms with van der Waals surface area (Å²) >= 11 is 2.69. The van der Waals surface area contributed by atoms with Gasteiger partial charge in [-0.25, -0.2) is 9.18 Å². The molecule has 0 aliphatic heterocycles. The molecular formula is C15H12FN3O3S2. The van der Waals surface area contributed by atoms with Crippen molar-refractivity contribution in [3.05, 3.63) is 53.7 Å². The van der Waals surface area contributed by atoms with E-state index in [1.807, 2.05) is 0 Å². The van der Waals surface area contributed by atoms with Crippen LogP contribution in [-0.4, -0.2) is 23.3 Å². The van der Waals surface area contributed by atoms with Crippen molar-refractivity contribution in [2.45, 2.75) is 10.1 Å². The van der Waals surface area contributed by atoms with Crippen LogP contribution in [0.15, 0.2) is 45.4 Å². The first kappa shape index (κ1) is 16.5. The zero-order valence-corrected chi connectivity index (χ0v) is 14.1. The first-order chi connectivity index (χ1) is 11.7. The van der Waals surface area contributed by atoms with Crippen molar-refractivity contribution in [3.8, 4) is 0 Å². The van der Waals surface area contributed by atoms with Crippen LogP contribution in [0.25, 0.3) is 0 Å². The molecule has 0 unspecified atom stereocenters. The molecule has 6 nitrogen and oxygen atoms in total. The number of furan rings is 1. The number of nitrogens with zero attached hydrogens (tertiary/aromatic N) is 2. The van der Waals surface area contributed by atoms with Crippen LogP contribution in [0.1, 0.15) is 16.1 Å². The number of anilines is 2. The Hall–Kier alpha value is -2.39. The highest BCUT2D eigenvalue weighted by atomic mass is 32.2. The van der Waals surface area contributed by atoms with E-state index in [1.165, 1.54) is 42.5 Å². The number of aromatic nitrogens is 2. The van der Waals surface area contributed by atoms with Gasteiger partial charge >= 0.3 is 5.97 Å². The van der Waals surface area contributed by atoms with E-state index in [2.05, 4.69) is 20.3 Å². The Morgan fingerprint density at radius 2 is 2.21 bits per heavy atom. The van der Waals surface area contributed by atoms with Gasteiger partial charge < -0.3 is 14.5 Å². The Bertz CT molecular complexity index is 850. The van der Waals surface area contributed by atoms with Gasteiger partial charge in [0.25, 0.3) is 0 Å². The Labute approximate surface area is 145 Å². The van der Waals surface area contributed by atoms with Crippen LogP contribution in [0.5, 0.6) is 0 Å². The van der Waals surface area contributed by atoms with Gasteiger partial charge in [-0.1, -0.05) is 35.2 Å². The number of carbonyl (C=O) groups is 1. The number of nitrogens with one attached hydrogen (secondary N) is 1. The summed E-state index contributed by atoms with van der Waals surface area (Å²) < 4.78 is 24.1. The molecule has 1 aromatic carbocycles. The highest BCUT2D eigenvalue weighted by molar-refractivity contribution is 8.00. The molecule has 2 heterocycles. The van der Waals surface area contributed by atoms with E-state index in [9.17, 15) is 9.18 Å². The zero-order chi connectivity index (χ0) is 16.9. The summed E-state index contributed by atoms with van der Waals surface area (Å²) in [5.41, 5.74) is 1.05. The minimum Gasteiger partial charge on any atom is -0.463 e. The molecule has 24 heavy (non-hydrogen) atoms. The molecule has 3 aromatic rings. The molecule has 0 bridgehead atoms. The van der Waals surface area contributed by atoms with Crippen molar-refractivity contribution < 1.29 is 18.3 Å². The lowest BCUT2D eigenvalue weighted by molar-refractivity contribution is 0.0564. The Balaban J connectivity index is 1.64. The molecule has 124 valence electrons. The SMILES string of the molecule is COC(=O)c1occc1CSc1nnc(Nc2ccccc2F)s1. The Morgan fingerprint density at radius 3 is 3.00 bits per heavy atom. The van der Waals surface area contributed by atoms with Crippen molar-refractivity contribution in [1.29, 1.82) is 0 Å². The zero-order valence-electron chi connectivity index (χ0n) is 12.5. The summed E-state index contributed by atoms with van der Waals surface area (Å²) in [7, 11) is 1.30. The normalized spacial score (nSPS) is 10.6. The van der Waals surface area contributed by atoms with Crippen LogP contribution in [0.4, 0.5) is 15.2 Å². The third kappa shape index (κ3) is 3.74. The number of benzene rings is 1. The van der Waals surface area contributed by atoms with Crippen LogP contribution >= 0.6 is 23.1 Å². The van der Waals surface area contributed by atoms with Crippen molar-refractivity contribution >= 4 is 39.9 Å². The second-order valence-corrected chi connectivity index (χ2v) is 6.73. The highest BCUT2D eigenvalue weighted by Crippen LogP contribution is 2.31. The van der Waals surface area contributed by atoms with E-state index >= 15 is 0 Å². The number of rotatable bonds is 6. The van der Waals surface area contributed by atoms with E-state index < -0.39 is 5.97 Å². The number of para-hydroxylation sites is 1. The smallest absolute Gasteiger partial charge is 0.374 e. The molecular weight excluding hydrogens is 353 g/mol. The number of halogens is 1. The van der Waals surface area contributed by atoms with E-state index in [0.29, 0.717) is 26.5 Å². The second-order valence-electron chi connectivity index (χ2n) is 4.53. The molecule has 0 saturated heterocycles. The fourth-order valence-electron chi connectivity index (χ4n) is 1.86. The monoisotopic (exact) mass is 365 g/mol. The average molecular weight is 365 g/mol. The maximum Gasteiger partial charge on any atom is 0.374 e. The lowest BCUT2D eigenvalue weighted by Gasteiger charge is -2.01. The molecule has 9 heteroatoms. The topological polar surface area (TPSA) is 77.2 Å². The molecule has 1 N–H and O–H groups in total. The van der Waals surface area contributed by atoms with Gasteiger partial charge in [-0.2, -0.15) is 0 Å². The third-order valence-corrected chi connectivity index (χ3v) is 5.01. The highest BCUT2D eigenvalue weighted by Gasteiger charge is 2.16. The van der Waals surface area contributed by atoms with Gasteiger partial charge in [-0.3, -0.25) is 0 Å². The average Bonchev–Trinajstić information content (AvgIpc) is 3.23. The van der Waals surface area contributed by atoms with E-state index in [4.69, 9.17) is 4.42 Å². The summed E-state index contributed by atoms with van der Waals surface area (Å²) in [6.07, 6.45) is 1.44. The standard InChI is InChI=1S/C15H12FN3O3S2/c1-21-13(20)12-9(6-7-22-12)8-23-15-19-18-14(24-15)17-11-5-3-2-4-10(11)16/h2-7H,8H2,1H3,(H,17,18). The number of hydrogen-bond acceptors (Lipinski definition) is 8.